The van der Waals surface area contributed by atoms with Crippen LogP contribution < -0.4 is 10.2 Å². The van der Waals surface area contributed by atoms with Gasteiger partial charge >= 0.3 is 5.97 Å². The van der Waals surface area contributed by atoms with Gasteiger partial charge in [0.1, 0.15) is 13.1 Å². The lowest BCUT2D eigenvalue weighted by Crippen LogP contribution is -3.10. The van der Waals surface area contributed by atoms with Crippen LogP contribution in [0.1, 0.15) is 11.1 Å². The third-order valence-corrected chi connectivity index (χ3v) is 4.70. The van der Waals surface area contributed by atoms with E-state index in [1.165, 1.54) is 0 Å². The van der Waals surface area contributed by atoms with Crippen molar-refractivity contribution in [3.8, 4) is 0 Å². The second-order valence-electron chi connectivity index (χ2n) is 6.97. The molecule has 154 valence electrons. The highest BCUT2D eigenvalue weighted by Crippen LogP contribution is 2.14. The SMILES string of the molecule is O=C(COC(=O)C[NH+](Cc1ccccc1)Cc1ccccc1)Nc1cccc(Cl)c1. The molecule has 2 N–H and O–H groups in total. The molecular weight excluding hydrogens is 400 g/mol. The summed E-state index contributed by atoms with van der Waals surface area (Å²) in [5.41, 5.74) is 2.83. The molecular formula is C24H24ClN2O3+. The maximum Gasteiger partial charge on any atom is 0.362 e. The van der Waals surface area contributed by atoms with Crippen LogP contribution in [0.25, 0.3) is 0 Å². The largest absolute Gasteiger partial charge is 0.451 e. The quantitative estimate of drug-likeness (QED) is 0.520. The van der Waals surface area contributed by atoms with Crippen LogP contribution in [0.5, 0.6) is 0 Å². The first kappa shape index (κ1) is 21.6. The van der Waals surface area contributed by atoms with Crippen molar-refractivity contribution in [1.29, 1.82) is 0 Å². The van der Waals surface area contributed by atoms with E-state index in [1.54, 1.807) is 24.3 Å². The molecule has 0 unspecified atom stereocenters. The average molecular weight is 424 g/mol. The van der Waals surface area contributed by atoms with Crippen molar-refractivity contribution in [3.05, 3.63) is 101 Å². The van der Waals surface area contributed by atoms with Gasteiger partial charge in [0.15, 0.2) is 13.2 Å². The van der Waals surface area contributed by atoms with Crippen molar-refractivity contribution >= 4 is 29.2 Å². The van der Waals surface area contributed by atoms with Gasteiger partial charge in [-0.25, -0.2) is 4.79 Å². The first-order valence-electron chi connectivity index (χ1n) is 9.71. The minimum Gasteiger partial charge on any atom is -0.451 e. The Morgan fingerprint density at radius 1 is 0.833 bits per heavy atom. The van der Waals surface area contributed by atoms with Gasteiger partial charge in [-0.15, -0.1) is 0 Å². The molecule has 0 aliphatic carbocycles. The van der Waals surface area contributed by atoms with E-state index < -0.39 is 11.9 Å². The molecule has 3 aromatic carbocycles. The highest BCUT2D eigenvalue weighted by atomic mass is 35.5. The van der Waals surface area contributed by atoms with Gasteiger partial charge < -0.3 is 15.0 Å². The topological polar surface area (TPSA) is 59.8 Å². The number of ether oxygens (including phenoxy) is 1. The van der Waals surface area contributed by atoms with Gasteiger partial charge in [-0.05, 0) is 18.2 Å². The Labute approximate surface area is 181 Å². The number of rotatable bonds is 9. The fourth-order valence-electron chi connectivity index (χ4n) is 3.12. The molecule has 0 saturated heterocycles. The molecule has 3 aromatic rings. The molecule has 0 saturated carbocycles. The fourth-order valence-corrected chi connectivity index (χ4v) is 3.31. The molecule has 0 heterocycles. The van der Waals surface area contributed by atoms with Gasteiger partial charge in [0.25, 0.3) is 5.91 Å². The third kappa shape index (κ3) is 7.35. The van der Waals surface area contributed by atoms with Crippen molar-refractivity contribution in [1.82, 2.24) is 0 Å². The predicted octanol–water partition coefficient (Wildman–Crippen LogP) is 3.11. The normalized spacial score (nSPS) is 10.6. The van der Waals surface area contributed by atoms with E-state index >= 15 is 0 Å². The molecule has 0 aliphatic heterocycles. The van der Waals surface area contributed by atoms with Crippen molar-refractivity contribution in [3.63, 3.8) is 0 Å². The van der Waals surface area contributed by atoms with Crippen LogP contribution in [0.4, 0.5) is 5.69 Å². The summed E-state index contributed by atoms with van der Waals surface area (Å²) >= 11 is 5.91. The Balaban J connectivity index is 1.54. The van der Waals surface area contributed by atoms with Crippen LogP contribution >= 0.6 is 11.6 Å². The molecule has 1 amide bonds. The summed E-state index contributed by atoms with van der Waals surface area (Å²) in [6.07, 6.45) is 0. The van der Waals surface area contributed by atoms with Crippen LogP contribution in [-0.4, -0.2) is 25.0 Å². The lowest BCUT2D eigenvalue weighted by atomic mass is 10.1. The van der Waals surface area contributed by atoms with Gasteiger partial charge in [0.2, 0.25) is 0 Å². The molecule has 30 heavy (non-hydrogen) atoms. The Kier molecular flexibility index (Phi) is 8.01. The number of hydrogen-bond donors (Lipinski definition) is 2. The van der Waals surface area contributed by atoms with E-state index in [0.717, 1.165) is 16.0 Å². The Hall–Kier alpha value is -3.15. The second kappa shape index (κ2) is 11.1. The molecule has 0 aliphatic rings. The summed E-state index contributed by atoms with van der Waals surface area (Å²) in [4.78, 5) is 25.5. The van der Waals surface area contributed by atoms with E-state index in [4.69, 9.17) is 16.3 Å². The molecule has 3 rings (SSSR count). The maximum absolute atomic E-state index is 12.4. The van der Waals surface area contributed by atoms with E-state index in [0.29, 0.717) is 23.8 Å². The zero-order valence-electron chi connectivity index (χ0n) is 16.5. The van der Waals surface area contributed by atoms with E-state index in [1.807, 2.05) is 60.7 Å². The average Bonchev–Trinajstić information content (AvgIpc) is 2.74. The Bertz CT molecular complexity index is 923. The van der Waals surface area contributed by atoms with Crippen molar-refractivity contribution in [2.45, 2.75) is 13.1 Å². The molecule has 0 aromatic heterocycles. The maximum atomic E-state index is 12.4. The van der Waals surface area contributed by atoms with Crippen LogP contribution in [0.15, 0.2) is 84.9 Å². The number of esters is 1. The fraction of sp³-hybridized carbons (Fsp3) is 0.167. The minimum atomic E-state index is -0.418. The summed E-state index contributed by atoms with van der Waals surface area (Å²) < 4.78 is 5.21. The number of benzene rings is 3. The van der Waals surface area contributed by atoms with Crippen LogP contribution in [0.2, 0.25) is 5.02 Å². The lowest BCUT2D eigenvalue weighted by Gasteiger charge is -2.19. The zero-order valence-corrected chi connectivity index (χ0v) is 17.3. The number of anilines is 1. The highest BCUT2D eigenvalue weighted by Gasteiger charge is 2.18. The molecule has 5 nitrogen and oxygen atoms in total. The standard InChI is InChI=1S/C24H23ClN2O3/c25-21-12-7-13-22(14-21)26-23(28)18-30-24(29)17-27(15-19-8-3-1-4-9-19)16-20-10-5-2-6-11-20/h1-14H,15-18H2,(H,26,28)/p+1. The molecule has 0 spiro atoms. The molecule has 0 bridgehead atoms. The van der Waals surface area contributed by atoms with Gasteiger partial charge in [-0.3, -0.25) is 4.79 Å². The van der Waals surface area contributed by atoms with E-state index in [-0.39, 0.29) is 13.2 Å². The van der Waals surface area contributed by atoms with Gasteiger partial charge in [0.05, 0.1) is 0 Å². The van der Waals surface area contributed by atoms with Gasteiger partial charge in [-0.1, -0.05) is 78.3 Å². The first-order chi connectivity index (χ1) is 14.6. The minimum absolute atomic E-state index is 0.161. The summed E-state index contributed by atoms with van der Waals surface area (Å²) in [5, 5.41) is 3.18. The van der Waals surface area contributed by atoms with Crippen molar-refractivity contribution < 1.29 is 19.2 Å². The summed E-state index contributed by atoms with van der Waals surface area (Å²) in [5.74, 6) is -0.823. The summed E-state index contributed by atoms with van der Waals surface area (Å²) in [6, 6.07) is 26.8. The van der Waals surface area contributed by atoms with Gasteiger partial charge in [0, 0.05) is 21.8 Å². The number of amides is 1. The predicted molar refractivity (Wildman–Crippen MR) is 117 cm³/mol. The Morgan fingerprint density at radius 2 is 1.43 bits per heavy atom. The molecule has 0 atom stereocenters. The van der Waals surface area contributed by atoms with Crippen LogP contribution in [0.3, 0.4) is 0 Å². The Morgan fingerprint density at radius 3 is 2.00 bits per heavy atom. The second-order valence-corrected chi connectivity index (χ2v) is 7.41. The summed E-state index contributed by atoms with van der Waals surface area (Å²) in [6.45, 7) is 1.18. The number of halogens is 1. The van der Waals surface area contributed by atoms with Crippen molar-refractivity contribution in [2.75, 3.05) is 18.5 Å². The number of hydrogen-bond acceptors (Lipinski definition) is 3. The number of quaternary nitrogens is 1. The van der Waals surface area contributed by atoms with E-state index in [9.17, 15) is 9.59 Å². The molecule has 0 radical (unpaired) electrons. The number of carbonyl (C=O) groups is 2. The van der Waals surface area contributed by atoms with E-state index in [2.05, 4.69) is 5.32 Å². The van der Waals surface area contributed by atoms with Crippen LogP contribution in [-0.2, 0) is 27.4 Å². The van der Waals surface area contributed by atoms with Crippen LogP contribution in [0, 0.1) is 0 Å². The molecule has 6 heteroatoms. The van der Waals surface area contributed by atoms with Crippen molar-refractivity contribution in [2.24, 2.45) is 0 Å². The monoisotopic (exact) mass is 423 g/mol. The lowest BCUT2D eigenvalue weighted by molar-refractivity contribution is -0.920. The number of carbonyl (C=O) groups excluding carboxylic acids is 2. The zero-order chi connectivity index (χ0) is 21.2. The highest BCUT2D eigenvalue weighted by molar-refractivity contribution is 6.30. The first-order valence-corrected chi connectivity index (χ1v) is 10.1. The smallest absolute Gasteiger partial charge is 0.362 e. The third-order valence-electron chi connectivity index (χ3n) is 4.46. The summed E-state index contributed by atoms with van der Waals surface area (Å²) in [7, 11) is 0. The van der Waals surface area contributed by atoms with Gasteiger partial charge in [-0.2, -0.15) is 0 Å². The molecule has 0 fully saturated rings. The number of nitrogens with one attached hydrogen (secondary N) is 2.